The first-order valence-electron chi connectivity index (χ1n) is 7.91. The molecule has 6 nitrogen and oxygen atoms in total. The number of nitrogens with one attached hydrogen (secondary N) is 1. The lowest BCUT2D eigenvalue weighted by molar-refractivity contribution is 0.376. The van der Waals surface area contributed by atoms with E-state index < -0.39 is 0 Å². The summed E-state index contributed by atoms with van der Waals surface area (Å²) in [5.41, 5.74) is 1.48. The monoisotopic (exact) mass is 287 g/mol. The topological polar surface area (TPSA) is 67.1 Å². The maximum Gasteiger partial charge on any atom is 0.263 e. The third kappa shape index (κ3) is 2.18. The van der Waals surface area contributed by atoms with Crippen molar-refractivity contribution in [3.8, 4) is 0 Å². The average molecular weight is 287 g/mol. The van der Waals surface area contributed by atoms with Crippen LogP contribution in [-0.4, -0.2) is 40.3 Å². The standard InChI is InChI=1S/C15H21N5O/c1-10-13-14(17-9-18-15(13)21-19-10)20-8-3-2-6-12(20)11-5-4-7-16-11/h9,11-12,16H,2-8H2,1H3. The van der Waals surface area contributed by atoms with Gasteiger partial charge in [0.15, 0.2) is 0 Å². The Morgan fingerprint density at radius 2 is 2.19 bits per heavy atom. The zero-order valence-corrected chi connectivity index (χ0v) is 12.4. The van der Waals surface area contributed by atoms with Crippen molar-refractivity contribution in [3.63, 3.8) is 0 Å². The van der Waals surface area contributed by atoms with Crippen LogP contribution in [0.1, 0.15) is 37.8 Å². The Hall–Kier alpha value is -1.69. The zero-order chi connectivity index (χ0) is 14.2. The molecular formula is C15H21N5O. The Kier molecular flexibility index (Phi) is 3.25. The largest absolute Gasteiger partial charge is 0.351 e. The van der Waals surface area contributed by atoms with Crippen LogP contribution in [0.2, 0.25) is 0 Å². The summed E-state index contributed by atoms with van der Waals surface area (Å²) in [6, 6.07) is 1.10. The number of nitrogens with zero attached hydrogens (tertiary/aromatic N) is 4. The highest BCUT2D eigenvalue weighted by atomic mass is 16.5. The maximum atomic E-state index is 5.30. The van der Waals surface area contributed by atoms with E-state index in [9.17, 15) is 0 Å². The van der Waals surface area contributed by atoms with Gasteiger partial charge in [-0.1, -0.05) is 5.16 Å². The fourth-order valence-corrected chi connectivity index (χ4v) is 3.80. The molecular weight excluding hydrogens is 266 g/mol. The van der Waals surface area contributed by atoms with Crippen LogP contribution in [0, 0.1) is 6.92 Å². The molecule has 0 aromatic carbocycles. The minimum Gasteiger partial charge on any atom is -0.351 e. The summed E-state index contributed by atoms with van der Waals surface area (Å²) in [6.07, 6.45) is 7.89. The first-order valence-corrected chi connectivity index (χ1v) is 7.91. The van der Waals surface area contributed by atoms with Gasteiger partial charge in [-0.3, -0.25) is 0 Å². The second-order valence-electron chi connectivity index (χ2n) is 6.10. The zero-order valence-electron chi connectivity index (χ0n) is 12.4. The highest BCUT2D eigenvalue weighted by Gasteiger charge is 2.33. The van der Waals surface area contributed by atoms with Crippen LogP contribution < -0.4 is 10.2 Å². The summed E-state index contributed by atoms with van der Waals surface area (Å²) < 4.78 is 5.30. The molecule has 2 aromatic rings. The van der Waals surface area contributed by atoms with Crippen molar-refractivity contribution in [1.82, 2.24) is 20.4 Å². The summed E-state index contributed by atoms with van der Waals surface area (Å²) in [5.74, 6) is 0.997. The molecule has 112 valence electrons. The molecule has 0 aliphatic carbocycles. The van der Waals surface area contributed by atoms with Crippen molar-refractivity contribution < 1.29 is 4.52 Å². The SMILES string of the molecule is Cc1noc2ncnc(N3CCCCC3C3CCCN3)c12. The molecule has 0 saturated carbocycles. The van der Waals surface area contributed by atoms with Gasteiger partial charge in [0.05, 0.1) is 5.69 Å². The van der Waals surface area contributed by atoms with E-state index in [1.54, 1.807) is 6.33 Å². The van der Waals surface area contributed by atoms with Gasteiger partial charge in [0.1, 0.15) is 17.5 Å². The number of fused-ring (bicyclic) bond motifs is 1. The smallest absolute Gasteiger partial charge is 0.263 e. The van der Waals surface area contributed by atoms with Gasteiger partial charge in [0, 0.05) is 18.6 Å². The predicted octanol–water partition coefficient (Wildman–Crippen LogP) is 2.04. The number of piperidine rings is 1. The van der Waals surface area contributed by atoms with E-state index in [0.29, 0.717) is 17.8 Å². The molecule has 0 bridgehead atoms. The van der Waals surface area contributed by atoms with Crippen LogP contribution in [0.15, 0.2) is 10.9 Å². The highest BCUT2D eigenvalue weighted by molar-refractivity contribution is 5.88. The maximum absolute atomic E-state index is 5.30. The third-order valence-electron chi connectivity index (χ3n) is 4.81. The van der Waals surface area contributed by atoms with E-state index in [2.05, 4.69) is 25.3 Å². The van der Waals surface area contributed by atoms with Crippen molar-refractivity contribution in [3.05, 3.63) is 12.0 Å². The number of aromatic nitrogens is 3. The molecule has 2 aliphatic rings. The van der Waals surface area contributed by atoms with Gasteiger partial charge in [-0.25, -0.2) is 4.98 Å². The van der Waals surface area contributed by atoms with Crippen molar-refractivity contribution in [2.75, 3.05) is 18.0 Å². The van der Waals surface area contributed by atoms with Gasteiger partial charge in [-0.05, 0) is 45.6 Å². The first kappa shape index (κ1) is 13.0. The van der Waals surface area contributed by atoms with Gasteiger partial charge in [-0.15, -0.1) is 0 Å². The van der Waals surface area contributed by atoms with Crippen LogP contribution in [0.25, 0.3) is 11.1 Å². The van der Waals surface area contributed by atoms with Gasteiger partial charge in [-0.2, -0.15) is 4.98 Å². The van der Waals surface area contributed by atoms with E-state index in [1.807, 2.05) is 6.92 Å². The molecule has 6 heteroatoms. The highest BCUT2D eigenvalue weighted by Crippen LogP contribution is 2.33. The molecule has 2 aromatic heterocycles. The third-order valence-corrected chi connectivity index (χ3v) is 4.81. The van der Waals surface area contributed by atoms with E-state index in [4.69, 9.17) is 4.52 Å². The van der Waals surface area contributed by atoms with Crippen molar-refractivity contribution >= 4 is 16.9 Å². The average Bonchev–Trinajstić information content (AvgIpc) is 3.18. The number of hydrogen-bond acceptors (Lipinski definition) is 6. The molecule has 4 heterocycles. The minimum atomic E-state index is 0.522. The summed E-state index contributed by atoms with van der Waals surface area (Å²) in [5, 5.41) is 8.69. The lowest BCUT2D eigenvalue weighted by atomic mass is 9.94. The summed E-state index contributed by atoms with van der Waals surface area (Å²) in [4.78, 5) is 11.2. The molecule has 0 amide bonds. The lowest BCUT2D eigenvalue weighted by Crippen LogP contribution is -2.50. The van der Waals surface area contributed by atoms with Crippen molar-refractivity contribution in [1.29, 1.82) is 0 Å². The summed E-state index contributed by atoms with van der Waals surface area (Å²) >= 11 is 0. The molecule has 1 N–H and O–H groups in total. The Morgan fingerprint density at radius 3 is 3.05 bits per heavy atom. The van der Waals surface area contributed by atoms with Crippen molar-refractivity contribution in [2.45, 2.75) is 51.1 Å². The number of hydrogen-bond donors (Lipinski definition) is 1. The van der Waals surface area contributed by atoms with Gasteiger partial charge >= 0.3 is 0 Å². The second-order valence-corrected chi connectivity index (χ2v) is 6.10. The van der Waals surface area contributed by atoms with Crippen LogP contribution in [0.5, 0.6) is 0 Å². The molecule has 2 atom stereocenters. The fraction of sp³-hybridized carbons (Fsp3) is 0.667. The molecule has 0 spiro atoms. The summed E-state index contributed by atoms with van der Waals surface area (Å²) in [6.45, 7) is 4.16. The Labute approximate surface area is 123 Å². The van der Waals surface area contributed by atoms with Gasteiger partial charge < -0.3 is 14.7 Å². The van der Waals surface area contributed by atoms with E-state index in [0.717, 1.165) is 30.0 Å². The Morgan fingerprint density at radius 1 is 1.24 bits per heavy atom. The Balaban J connectivity index is 1.75. The molecule has 2 saturated heterocycles. The second kappa shape index (κ2) is 5.26. The first-order chi connectivity index (χ1) is 10.3. The minimum absolute atomic E-state index is 0.522. The molecule has 0 radical (unpaired) electrons. The number of anilines is 1. The quantitative estimate of drug-likeness (QED) is 0.911. The van der Waals surface area contributed by atoms with Crippen LogP contribution in [0.4, 0.5) is 5.82 Å². The van der Waals surface area contributed by atoms with Gasteiger partial charge in [0.2, 0.25) is 0 Å². The lowest BCUT2D eigenvalue weighted by Gasteiger charge is -2.40. The fourth-order valence-electron chi connectivity index (χ4n) is 3.80. The molecule has 21 heavy (non-hydrogen) atoms. The molecule has 2 aliphatic heterocycles. The van der Waals surface area contributed by atoms with Crippen molar-refractivity contribution in [2.24, 2.45) is 0 Å². The predicted molar refractivity (Wildman–Crippen MR) is 80.3 cm³/mol. The summed E-state index contributed by atoms with van der Waals surface area (Å²) in [7, 11) is 0. The normalized spacial score (nSPS) is 26.6. The van der Waals surface area contributed by atoms with Gasteiger partial charge in [0.25, 0.3) is 5.71 Å². The Bertz CT molecular complexity index is 634. The van der Waals surface area contributed by atoms with Crippen LogP contribution in [-0.2, 0) is 0 Å². The van der Waals surface area contributed by atoms with Crippen LogP contribution >= 0.6 is 0 Å². The molecule has 2 unspecified atom stereocenters. The molecule has 2 fully saturated rings. The number of aryl methyl sites for hydroxylation is 1. The number of rotatable bonds is 2. The molecule has 4 rings (SSSR count). The van der Waals surface area contributed by atoms with E-state index >= 15 is 0 Å². The van der Waals surface area contributed by atoms with Crippen LogP contribution in [0.3, 0.4) is 0 Å². The van der Waals surface area contributed by atoms with E-state index in [-0.39, 0.29) is 0 Å². The van der Waals surface area contributed by atoms with E-state index in [1.165, 1.54) is 32.1 Å².